The van der Waals surface area contributed by atoms with Crippen LogP contribution in [0.3, 0.4) is 0 Å². The van der Waals surface area contributed by atoms with Crippen molar-refractivity contribution in [2.75, 3.05) is 12.4 Å². The number of nitrogens with one attached hydrogen (secondary N) is 2. The zero-order valence-corrected chi connectivity index (χ0v) is 10.9. The van der Waals surface area contributed by atoms with Gasteiger partial charge in [-0.1, -0.05) is 0 Å². The Morgan fingerprint density at radius 3 is 2.10 bits per heavy atom. The highest BCUT2D eigenvalue weighted by Crippen LogP contribution is 2.23. The van der Waals surface area contributed by atoms with E-state index in [4.69, 9.17) is 10.00 Å². The Morgan fingerprint density at radius 1 is 1.05 bits per heavy atom. The van der Waals surface area contributed by atoms with E-state index < -0.39 is 0 Å². The summed E-state index contributed by atoms with van der Waals surface area (Å²) in [5.74, 6) is 1.30. The average molecular weight is 267 g/mol. The molecule has 0 aliphatic heterocycles. The second-order valence-electron chi connectivity index (χ2n) is 3.97. The van der Waals surface area contributed by atoms with E-state index in [1.807, 2.05) is 6.07 Å². The summed E-state index contributed by atoms with van der Waals surface area (Å²) in [5.41, 5.74) is 1.26. The molecule has 0 saturated carbocycles. The fourth-order valence-corrected chi connectivity index (χ4v) is 1.53. The van der Waals surface area contributed by atoms with Crippen LogP contribution in [-0.4, -0.2) is 13.1 Å². The lowest BCUT2D eigenvalue weighted by Gasteiger charge is -2.07. The maximum absolute atomic E-state index is 11.1. The molecule has 2 rings (SSSR count). The quantitative estimate of drug-likeness (QED) is 0.897. The summed E-state index contributed by atoms with van der Waals surface area (Å²) in [4.78, 5) is 11.1. The fourth-order valence-electron chi connectivity index (χ4n) is 1.53. The number of benzene rings is 2. The lowest BCUT2D eigenvalue weighted by Crippen LogP contribution is -2.24. The van der Waals surface area contributed by atoms with Gasteiger partial charge in [0.15, 0.2) is 0 Å². The first-order chi connectivity index (χ1) is 9.71. The normalized spacial score (nSPS) is 9.40. The Morgan fingerprint density at radius 2 is 1.60 bits per heavy atom. The number of rotatable bonds is 3. The van der Waals surface area contributed by atoms with Gasteiger partial charge in [0.25, 0.3) is 0 Å². The van der Waals surface area contributed by atoms with Crippen LogP contribution in [-0.2, 0) is 0 Å². The van der Waals surface area contributed by atoms with Gasteiger partial charge in [0, 0.05) is 12.7 Å². The number of amides is 2. The van der Waals surface area contributed by atoms with E-state index in [1.54, 1.807) is 55.6 Å². The maximum atomic E-state index is 11.1. The highest BCUT2D eigenvalue weighted by molar-refractivity contribution is 5.88. The highest BCUT2D eigenvalue weighted by Gasteiger charge is 2.00. The monoisotopic (exact) mass is 267 g/mol. The van der Waals surface area contributed by atoms with Crippen LogP contribution in [0.1, 0.15) is 5.56 Å². The molecule has 0 unspecified atom stereocenters. The first kappa shape index (κ1) is 13.4. The van der Waals surface area contributed by atoms with E-state index >= 15 is 0 Å². The molecule has 0 aliphatic carbocycles. The molecule has 0 aromatic heterocycles. The van der Waals surface area contributed by atoms with Crippen molar-refractivity contribution in [2.45, 2.75) is 0 Å². The van der Waals surface area contributed by atoms with Gasteiger partial charge in [-0.25, -0.2) is 4.79 Å². The third kappa shape index (κ3) is 3.50. The van der Waals surface area contributed by atoms with E-state index in [0.717, 1.165) is 0 Å². The molecule has 0 atom stereocenters. The Kier molecular flexibility index (Phi) is 4.20. The average Bonchev–Trinajstić information content (AvgIpc) is 2.50. The van der Waals surface area contributed by atoms with Crippen molar-refractivity contribution in [3.63, 3.8) is 0 Å². The van der Waals surface area contributed by atoms with E-state index in [0.29, 0.717) is 22.7 Å². The molecule has 0 bridgehead atoms. The van der Waals surface area contributed by atoms with E-state index in [1.165, 1.54) is 0 Å². The van der Waals surface area contributed by atoms with Gasteiger partial charge in [-0.15, -0.1) is 0 Å². The number of ether oxygens (including phenoxy) is 1. The lowest BCUT2D eigenvalue weighted by molar-refractivity contribution is 0.254. The molecule has 0 heterocycles. The number of carbonyl (C=O) groups excluding carboxylic acids is 1. The summed E-state index contributed by atoms with van der Waals surface area (Å²) in [5, 5.41) is 13.8. The number of carbonyl (C=O) groups is 1. The van der Waals surface area contributed by atoms with Crippen molar-refractivity contribution in [2.24, 2.45) is 0 Å². The van der Waals surface area contributed by atoms with Crippen molar-refractivity contribution in [3.8, 4) is 17.6 Å². The predicted molar refractivity (Wildman–Crippen MR) is 75.8 cm³/mol. The Hall–Kier alpha value is -3.00. The summed E-state index contributed by atoms with van der Waals surface area (Å²) in [7, 11) is 1.55. The Bertz CT molecular complexity index is 628. The van der Waals surface area contributed by atoms with Crippen LogP contribution in [0.2, 0.25) is 0 Å². The number of urea groups is 1. The lowest BCUT2D eigenvalue weighted by atomic mass is 10.2. The molecule has 100 valence electrons. The second kappa shape index (κ2) is 6.25. The molecule has 2 N–H and O–H groups in total. The van der Waals surface area contributed by atoms with E-state index in [-0.39, 0.29) is 6.03 Å². The number of nitriles is 1. The molecule has 0 radical (unpaired) electrons. The minimum atomic E-state index is -0.272. The third-order valence-electron chi connectivity index (χ3n) is 2.56. The van der Waals surface area contributed by atoms with Gasteiger partial charge in [-0.05, 0) is 48.5 Å². The topological polar surface area (TPSA) is 74.2 Å². The van der Waals surface area contributed by atoms with Crippen molar-refractivity contribution in [1.82, 2.24) is 5.32 Å². The molecule has 0 fully saturated rings. The van der Waals surface area contributed by atoms with Crippen molar-refractivity contribution in [3.05, 3.63) is 54.1 Å². The SMILES string of the molecule is CNC(=O)Nc1ccc(Oc2ccc(C#N)cc2)cc1. The molecular weight excluding hydrogens is 254 g/mol. The molecule has 5 heteroatoms. The summed E-state index contributed by atoms with van der Waals surface area (Å²) >= 11 is 0. The molecule has 0 saturated heterocycles. The zero-order valence-electron chi connectivity index (χ0n) is 10.9. The molecule has 2 amide bonds. The van der Waals surface area contributed by atoms with E-state index in [2.05, 4.69) is 10.6 Å². The molecule has 2 aromatic carbocycles. The smallest absolute Gasteiger partial charge is 0.318 e. The molecule has 0 aliphatic rings. The minimum absolute atomic E-state index is 0.272. The van der Waals surface area contributed by atoms with Gasteiger partial charge in [-0.3, -0.25) is 0 Å². The predicted octanol–water partition coefficient (Wildman–Crippen LogP) is 3.10. The van der Waals surface area contributed by atoms with Gasteiger partial charge < -0.3 is 15.4 Å². The third-order valence-corrected chi connectivity index (χ3v) is 2.56. The van der Waals surface area contributed by atoms with Crippen molar-refractivity contribution >= 4 is 11.7 Å². The van der Waals surface area contributed by atoms with Crippen LogP contribution in [0.25, 0.3) is 0 Å². The maximum Gasteiger partial charge on any atom is 0.318 e. The molecule has 0 spiro atoms. The van der Waals surface area contributed by atoms with E-state index in [9.17, 15) is 4.79 Å². The minimum Gasteiger partial charge on any atom is -0.457 e. The van der Waals surface area contributed by atoms with Crippen LogP contribution in [0.5, 0.6) is 11.5 Å². The highest BCUT2D eigenvalue weighted by atomic mass is 16.5. The Balaban J connectivity index is 2.03. The largest absolute Gasteiger partial charge is 0.457 e. The molecule has 2 aromatic rings. The van der Waals surface area contributed by atoms with Crippen LogP contribution < -0.4 is 15.4 Å². The number of hydrogen-bond acceptors (Lipinski definition) is 3. The van der Waals surface area contributed by atoms with Gasteiger partial charge in [0.2, 0.25) is 0 Å². The summed E-state index contributed by atoms with van der Waals surface area (Å²) in [6.07, 6.45) is 0. The zero-order chi connectivity index (χ0) is 14.4. The van der Waals surface area contributed by atoms with Gasteiger partial charge in [0.1, 0.15) is 11.5 Å². The van der Waals surface area contributed by atoms with Crippen molar-refractivity contribution < 1.29 is 9.53 Å². The molecular formula is C15H13N3O2. The second-order valence-corrected chi connectivity index (χ2v) is 3.97. The first-order valence-electron chi connectivity index (χ1n) is 5.98. The summed E-state index contributed by atoms with van der Waals surface area (Å²) in [6, 6.07) is 15.6. The van der Waals surface area contributed by atoms with Crippen LogP contribution >= 0.6 is 0 Å². The standard InChI is InChI=1S/C15H13N3O2/c1-17-15(19)18-12-4-8-14(9-5-12)20-13-6-2-11(10-16)3-7-13/h2-9H,1H3,(H2,17,18,19). The number of hydrogen-bond donors (Lipinski definition) is 2. The van der Waals surface area contributed by atoms with Crippen LogP contribution in [0.15, 0.2) is 48.5 Å². The first-order valence-corrected chi connectivity index (χ1v) is 5.98. The van der Waals surface area contributed by atoms with Crippen molar-refractivity contribution in [1.29, 1.82) is 5.26 Å². The van der Waals surface area contributed by atoms with Gasteiger partial charge in [0.05, 0.1) is 11.6 Å². The van der Waals surface area contributed by atoms with Crippen LogP contribution in [0.4, 0.5) is 10.5 Å². The summed E-state index contributed by atoms with van der Waals surface area (Å²) in [6.45, 7) is 0. The van der Waals surface area contributed by atoms with Crippen LogP contribution in [0, 0.1) is 11.3 Å². The summed E-state index contributed by atoms with van der Waals surface area (Å²) < 4.78 is 5.63. The van der Waals surface area contributed by atoms with Gasteiger partial charge >= 0.3 is 6.03 Å². The Labute approximate surface area is 116 Å². The van der Waals surface area contributed by atoms with Gasteiger partial charge in [-0.2, -0.15) is 5.26 Å². The molecule has 20 heavy (non-hydrogen) atoms. The number of nitrogens with zero attached hydrogens (tertiary/aromatic N) is 1. The fraction of sp³-hybridized carbons (Fsp3) is 0.0667. The number of anilines is 1. The molecule has 5 nitrogen and oxygen atoms in total.